The fourth-order valence-corrected chi connectivity index (χ4v) is 2.51. The Bertz CT molecular complexity index is 587. The second-order valence-corrected chi connectivity index (χ2v) is 4.97. The van der Waals surface area contributed by atoms with Gasteiger partial charge in [-0.2, -0.15) is 0 Å². The molecule has 2 heterocycles. The van der Waals surface area contributed by atoms with Gasteiger partial charge in [0.05, 0.1) is 5.69 Å². The Labute approximate surface area is 113 Å². The number of hydrogen-bond donors (Lipinski definition) is 2. The van der Waals surface area contributed by atoms with Gasteiger partial charge in [0.2, 0.25) is 0 Å². The molecule has 0 unspecified atom stereocenters. The van der Waals surface area contributed by atoms with E-state index in [1.54, 1.807) is 6.33 Å². The van der Waals surface area contributed by atoms with E-state index in [0.717, 1.165) is 36.7 Å². The number of fused-ring (bicyclic) bond motifs is 1. The minimum absolute atomic E-state index is 0.837. The van der Waals surface area contributed by atoms with Gasteiger partial charge in [-0.05, 0) is 25.0 Å². The molecule has 4 heteroatoms. The molecule has 2 N–H and O–H groups in total. The molecular weight excluding hydrogens is 236 g/mol. The maximum Gasteiger partial charge on any atom is 0.138 e. The molecule has 0 saturated carbocycles. The molecule has 4 nitrogen and oxygen atoms in total. The molecule has 1 aliphatic rings. The van der Waals surface area contributed by atoms with Crippen LogP contribution in [0.1, 0.15) is 22.4 Å². The van der Waals surface area contributed by atoms with Crippen LogP contribution in [0.25, 0.3) is 0 Å². The third-order valence-electron chi connectivity index (χ3n) is 3.60. The second kappa shape index (κ2) is 4.97. The molecule has 0 bridgehead atoms. The van der Waals surface area contributed by atoms with Gasteiger partial charge < -0.3 is 10.6 Å². The van der Waals surface area contributed by atoms with Gasteiger partial charge >= 0.3 is 0 Å². The normalized spacial score (nSPS) is 14.0. The van der Waals surface area contributed by atoms with Crippen LogP contribution in [-0.2, 0) is 13.0 Å². The van der Waals surface area contributed by atoms with E-state index in [2.05, 4.69) is 52.6 Å². The van der Waals surface area contributed by atoms with Crippen molar-refractivity contribution in [2.45, 2.75) is 26.8 Å². The fraction of sp³-hybridized carbons (Fsp3) is 0.333. The van der Waals surface area contributed by atoms with Crippen molar-refractivity contribution in [3.8, 4) is 0 Å². The Morgan fingerprint density at radius 3 is 2.74 bits per heavy atom. The number of nitrogens with one attached hydrogen (secondary N) is 2. The summed E-state index contributed by atoms with van der Waals surface area (Å²) < 4.78 is 0. The first-order valence-electron chi connectivity index (χ1n) is 6.62. The van der Waals surface area contributed by atoms with E-state index in [9.17, 15) is 0 Å². The van der Waals surface area contributed by atoms with Crippen LogP contribution in [0.4, 0.5) is 11.5 Å². The van der Waals surface area contributed by atoms with E-state index in [1.165, 1.54) is 16.7 Å². The van der Waals surface area contributed by atoms with Crippen molar-refractivity contribution in [1.29, 1.82) is 0 Å². The summed E-state index contributed by atoms with van der Waals surface area (Å²) in [6, 6.07) is 6.30. The van der Waals surface area contributed by atoms with Crippen LogP contribution in [-0.4, -0.2) is 16.5 Å². The van der Waals surface area contributed by atoms with E-state index < -0.39 is 0 Å². The molecule has 1 aliphatic heterocycles. The molecule has 0 amide bonds. The summed E-state index contributed by atoms with van der Waals surface area (Å²) in [6.45, 7) is 6.05. The highest BCUT2D eigenvalue weighted by Gasteiger charge is 2.15. The third kappa shape index (κ3) is 2.31. The first kappa shape index (κ1) is 12.1. The van der Waals surface area contributed by atoms with Crippen molar-refractivity contribution >= 4 is 11.5 Å². The van der Waals surface area contributed by atoms with Crippen LogP contribution in [0.3, 0.4) is 0 Å². The molecular formula is C15H18N4. The van der Waals surface area contributed by atoms with Gasteiger partial charge in [-0.3, -0.25) is 0 Å². The third-order valence-corrected chi connectivity index (χ3v) is 3.60. The number of para-hydroxylation sites is 1. The summed E-state index contributed by atoms with van der Waals surface area (Å²) >= 11 is 0. The highest BCUT2D eigenvalue weighted by Crippen LogP contribution is 2.26. The van der Waals surface area contributed by atoms with Crippen LogP contribution in [0.15, 0.2) is 24.5 Å². The number of nitrogens with zero attached hydrogens (tertiary/aromatic N) is 2. The maximum absolute atomic E-state index is 4.41. The molecule has 0 atom stereocenters. The average molecular weight is 254 g/mol. The van der Waals surface area contributed by atoms with Crippen molar-refractivity contribution in [2.75, 3.05) is 11.9 Å². The minimum atomic E-state index is 0.837. The molecule has 1 aromatic carbocycles. The van der Waals surface area contributed by atoms with Crippen LogP contribution in [0.5, 0.6) is 0 Å². The van der Waals surface area contributed by atoms with Gasteiger partial charge in [0.15, 0.2) is 0 Å². The lowest BCUT2D eigenvalue weighted by molar-refractivity contribution is 0.627. The molecule has 0 spiro atoms. The number of benzene rings is 1. The molecule has 3 rings (SSSR count). The van der Waals surface area contributed by atoms with Crippen LogP contribution in [0, 0.1) is 13.8 Å². The molecule has 0 radical (unpaired) electrons. The summed E-state index contributed by atoms with van der Waals surface area (Å²) in [7, 11) is 0. The quantitative estimate of drug-likeness (QED) is 0.864. The summed E-state index contributed by atoms with van der Waals surface area (Å²) in [5.41, 5.74) is 5.96. The van der Waals surface area contributed by atoms with Crippen molar-refractivity contribution in [3.63, 3.8) is 0 Å². The van der Waals surface area contributed by atoms with Crippen molar-refractivity contribution in [2.24, 2.45) is 0 Å². The van der Waals surface area contributed by atoms with Gasteiger partial charge in [0.1, 0.15) is 12.1 Å². The van der Waals surface area contributed by atoms with E-state index in [0.29, 0.717) is 0 Å². The Morgan fingerprint density at radius 2 is 1.95 bits per heavy atom. The number of rotatable bonds is 2. The molecule has 98 valence electrons. The van der Waals surface area contributed by atoms with Gasteiger partial charge in [-0.15, -0.1) is 0 Å². The second-order valence-electron chi connectivity index (χ2n) is 4.97. The van der Waals surface area contributed by atoms with Gasteiger partial charge in [-0.1, -0.05) is 18.2 Å². The zero-order valence-electron chi connectivity index (χ0n) is 11.3. The maximum atomic E-state index is 4.41. The van der Waals surface area contributed by atoms with Crippen LogP contribution >= 0.6 is 0 Å². The van der Waals surface area contributed by atoms with Crippen molar-refractivity contribution in [1.82, 2.24) is 15.3 Å². The number of aryl methyl sites for hydroxylation is 2. The Kier molecular flexibility index (Phi) is 3.17. The molecule has 19 heavy (non-hydrogen) atoms. The SMILES string of the molecule is Cc1cccc(C)c1Nc1ncnc2c1CNCC2. The molecule has 0 saturated heterocycles. The monoisotopic (exact) mass is 254 g/mol. The van der Waals surface area contributed by atoms with E-state index in [1.807, 2.05) is 0 Å². The molecule has 0 aliphatic carbocycles. The summed E-state index contributed by atoms with van der Waals surface area (Å²) in [5.74, 6) is 0.926. The number of hydrogen-bond acceptors (Lipinski definition) is 4. The molecule has 1 aromatic heterocycles. The highest BCUT2D eigenvalue weighted by molar-refractivity contribution is 5.66. The van der Waals surface area contributed by atoms with Gasteiger partial charge in [0, 0.05) is 30.8 Å². The van der Waals surface area contributed by atoms with Gasteiger partial charge in [0.25, 0.3) is 0 Å². The first-order chi connectivity index (χ1) is 9.25. The average Bonchev–Trinajstić information content (AvgIpc) is 2.43. The van der Waals surface area contributed by atoms with Crippen LogP contribution < -0.4 is 10.6 Å². The lowest BCUT2D eigenvalue weighted by Crippen LogP contribution is -2.25. The smallest absolute Gasteiger partial charge is 0.138 e. The number of aromatic nitrogens is 2. The van der Waals surface area contributed by atoms with Crippen molar-refractivity contribution < 1.29 is 0 Å². The Morgan fingerprint density at radius 1 is 1.16 bits per heavy atom. The minimum Gasteiger partial charge on any atom is -0.339 e. The molecule has 2 aromatic rings. The van der Waals surface area contributed by atoms with E-state index >= 15 is 0 Å². The zero-order valence-corrected chi connectivity index (χ0v) is 11.3. The highest BCUT2D eigenvalue weighted by atomic mass is 15.0. The standard InChI is InChI=1S/C15H18N4/c1-10-4-3-5-11(2)14(10)19-15-12-8-16-7-6-13(12)17-9-18-15/h3-5,9,16H,6-8H2,1-2H3,(H,17,18,19). The Hall–Kier alpha value is -1.94. The van der Waals surface area contributed by atoms with Crippen molar-refractivity contribution in [3.05, 3.63) is 46.9 Å². The topological polar surface area (TPSA) is 49.8 Å². The summed E-state index contributed by atoms with van der Waals surface area (Å²) in [6.07, 6.45) is 2.62. The fourth-order valence-electron chi connectivity index (χ4n) is 2.51. The number of anilines is 2. The van der Waals surface area contributed by atoms with Crippen LogP contribution in [0.2, 0.25) is 0 Å². The summed E-state index contributed by atoms with van der Waals surface area (Å²) in [4.78, 5) is 8.78. The lowest BCUT2D eigenvalue weighted by Gasteiger charge is -2.20. The predicted molar refractivity (Wildman–Crippen MR) is 76.6 cm³/mol. The largest absolute Gasteiger partial charge is 0.339 e. The Balaban J connectivity index is 2.00. The zero-order chi connectivity index (χ0) is 13.2. The predicted octanol–water partition coefficient (Wildman–Crippen LogP) is 2.48. The van der Waals surface area contributed by atoms with E-state index in [-0.39, 0.29) is 0 Å². The first-order valence-corrected chi connectivity index (χ1v) is 6.62. The summed E-state index contributed by atoms with van der Waals surface area (Å²) in [5, 5.41) is 6.85. The van der Waals surface area contributed by atoms with E-state index in [4.69, 9.17) is 0 Å². The van der Waals surface area contributed by atoms with Gasteiger partial charge in [-0.25, -0.2) is 9.97 Å². The molecule has 0 fully saturated rings. The lowest BCUT2D eigenvalue weighted by atomic mass is 10.1.